The quantitative estimate of drug-likeness (QED) is 0.564. The number of fused-ring (bicyclic) bond motifs is 1. The Bertz CT molecular complexity index is 246. The van der Waals surface area contributed by atoms with E-state index in [1.54, 1.807) is 0 Å². The van der Waals surface area contributed by atoms with E-state index in [2.05, 4.69) is 0 Å². The van der Waals surface area contributed by atoms with Gasteiger partial charge in [-0.1, -0.05) is 0 Å². The van der Waals surface area contributed by atoms with Crippen molar-refractivity contribution in [3.63, 3.8) is 0 Å². The molecule has 15 heavy (non-hydrogen) atoms. The lowest BCUT2D eigenvalue weighted by atomic mass is 9.98. The van der Waals surface area contributed by atoms with Gasteiger partial charge in [-0.2, -0.15) is 0 Å². The third kappa shape index (κ3) is 1.90. The summed E-state index contributed by atoms with van der Waals surface area (Å²) in [5.74, 6) is -0.805. The minimum Gasteiger partial charge on any atom is -0.391 e. The summed E-state index contributed by atoms with van der Waals surface area (Å²) in [5.41, 5.74) is 5.42. The molecule has 0 aromatic rings. The molecule has 1 saturated heterocycles. The number of aliphatic hydroxyl groups is 2. The number of rotatable bonds is 2. The zero-order valence-corrected chi connectivity index (χ0v) is 9.09. The summed E-state index contributed by atoms with van der Waals surface area (Å²) in [6.07, 6.45) is -1.28. The molecular formula is C10H19NO4. The summed E-state index contributed by atoms with van der Waals surface area (Å²) < 4.78 is 11.3. The van der Waals surface area contributed by atoms with Gasteiger partial charge in [-0.15, -0.1) is 0 Å². The Morgan fingerprint density at radius 1 is 1.40 bits per heavy atom. The SMILES string of the molecule is CC1(C)O[C@@H]2[C@H](O1)[C@@H](O)C[C@H]2C(O)CN. The van der Waals surface area contributed by atoms with Gasteiger partial charge < -0.3 is 25.4 Å². The van der Waals surface area contributed by atoms with Crippen molar-refractivity contribution in [1.82, 2.24) is 0 Å². The molecule has 5 nitrogen and oxygen atoms in total. The Balaban J connectivity index is 2.12. The maximum Gasteiger partial charge on any atom is 0.163 e. The lowest BCUT2D eigenvalue weighted by molar-refractivity contribution is -0.170. The predicted molar refractivity (Wildman–Crippen MR) is 53.0 cm³/mol. The summed E-state index contributed by atoms with van der Waals surface area (Å²) in [4.78, 5) is 0. The average Bonchev–Trinajstić information content (AvgIpc) is 2.61. The largest absolute Gasteiger partial charge is 0.391 e. The molecule has 1 heterocycles. The van der Waals surface area contributed by atoms with E-state index in [4.69, 9.17) is 15.2 Å². The fraction of sp³-hybridized carbons (Fsp3) is 1.00. The Morgan fingerprint density at radius 2 is 2.00 bits per heavy atom. The zero-order chi connectivity index (χ0) is 11.2. The molecule has 0 bridgehead atoms. The van der Waals surface area contributed by atoms with E-state index < -0.39 is 18.0 Å². The summed E-state index contributed by atoms with van der Waals surface area (Å²) in [5, 5.41) is 19.5. The molecule has 0 radical (unpaired) electrons. The zero-order valence-electron chi connectivity index (χ0n) is 9.09. The molecule has 1 saturated carbocycles. The highest BCUT2D eigenvalue weighted by Gasteiger charge is 2.54. The number of nitrogens with two attached hydrogens (primary N) is 1. The maximum atomic E-state index is 9.79. The number of aliphatic hydroxyl groups excluding tert-OH is 2. The third-order valence-electron chi connectivity index (χ3n) is 3.21. The molecule has 2 aliphatic rings. The Hall–Kier alpha value is -0.200. The number of ether oxygens (including phenoxy) is 2. The van der Waals surface area contributed by atoms with Crippen LogP contribution in [0.1, 0.15) is 20.3 Å². The van der Waals surface area contributed by atoms with Crippen LogP contribution in [-0.2, 0) is 9.47 Å². The van der Waals surface area contributed by atoms with E-state index in [1.807, 2.05) is 13.8 Å². The van der Waals surface area contributed by atoms with Crippen molar-refractivity contribution in [1.29, 1.82) is 0 Å². The van der Waals surface area contributed by atoms with Crippen LogP contribution in [0, 0.1) is 5.92 Å². The highest BCUT2D eigenvalue weighted by atomic mass is 16.8. The molecule has 5 heteroatoms. The molecule has 88 valence electrons. The van der Waals surface area contributed by atoms with Gasteiger partial charge in [-0.3, -0.25) is 0 Å². The molecule has 4 N–H and O–H groups in total. The molecular weight excluding hydrogens is 198 g/mol. The van der Waals surface area contributed by atoms with Crippen LogP contribution < -0.4 is 5.73 Å². The monoisotopic (exact) mass is 217 g/mol. The molecule has 2 rings (SSSR count). The van der Waals surface area contributed by atoms with E-state index >= 15 is 0 Å². The van der Waals surface area contributed by atoms with Crippen molar-refractivity contribution >= 4 is 0 Å². The molecule has 0 aromatic heterocycles. The Morgan fingerprint density at radius 3 is 2.60 bits per heavy atom. The normalized spacial score (nSPS) is 45.4. The van der Waals surface area contributed by atoms with E-state index in [0.717, 1.165) is 0 Å². The first-order valence-corrected chi connectivity index (χ1v) is 5.36. The van der Waals surface area contributed by atoms with Gasteiger partial charge in [0.25, 0.3) is 0 Å². The van der Waals surface area contributed by atoms with E-state index in [9.17, 15) is 10.2 Å². The highest BCUT2D eigenvalue weighted by molar-refractivity contribution is 5.00. The van der Waals surface area contributed by atoms with Gasteiger partial charge in [0.2, 0.25) is 0 Å². The molecule has 1 unspecified atom stereocenters. The molecule has 0 amide bonds. The van der Waals surface area contributed by atoms with Crippen LogP contribution in [0.2, 0.25) is 0 Å². The van der Waals surface area contributed by atoms with Crippen LogP contribution >= 0.6 is 0 Å². The molecule has 5 atom stereocenters. The van der Waals surface area contributed by atoms with Crippen molar-refractivity contribution in [2.45, 2.75) is 50.5 Å². The third-order valence-corrected chi connectivity index (χ3v) is 3.21. The Kier molecular flexibility index (Phi) is 2.77. The summed E-state index contributed by atoms with van der Waals surface area (Å²) in [7, 11) is 0. The molecule has 0 aromatic carbocycles. The van der Waals surface area contributed by atoms with E-state index in [1.165, 1.54) is 0 Å². The Labute approximate surface area is 89.2 Å². The van der Waals surface area contributed by atoms with Crippen molar-refractivity contribution in [2.75, 3.05) is 6.54 Å². The lowest BCUT2D eigenvalue weighted by Crippen LogP contribution is -2.37. The van der Waals surface area contributed by atoms with Gasteiger partial charge in [-0.25, -0.2) is 0 Å². The van der Waals surface area contributed by atoms with E-state index in [-0.39, 0.29) is 24.7 Å². The lowest BCUT2D eigenvalue weighted by Gasteiger charge is -2.24. The van der Waals surface area contributed by atoms with Crippen molar-refractivity contribution in [3.8, 4) is 0 Å². The fourth-order valence-electron chi connectivity index (χ4n) is 2.54. The van der Waals surface area contributed by atoms with Gasteiger partial charge in [0.1, 0.15) is 6.10 Å². The standard InChI is InChI=1S/C10H19NO4/c1-10(2)14-8-5(7(13)4-11)3-6(12)9(8)15-10/h5-9,12-13H,3-4,11H2,1-2H3/t5-,6-,7?,8-,9+/m0/s1. The van der Waals surface area contributed by atoms with Crippen molar-refractivity contribution < 1.29 is 19.7 Å². The molecule has 0 spiro atoms. The van der Waals surface area contributed by atoms with Gasteiger partial charge in [-0.05, 0) is 20.3 Å². The number of hydrogen-bond acceptors (Lipinski definition) is 5. The van der Waals surface area contributed by atoms with Gasteiger partial charge in [0, 0.05) is 12.5 Å². The second kappa shape index (κ2) is 3.68. The van der Waals surface area contributed by atoms with Crippen molar-refractivity contribution in [2.24, 2.45) is 11.7 Å². The molecule has 1 aliphatic carbocycles. The number of hydrogen-bond donors (Lipinski definition) is 3. The highest BCUT2D eigenvalue weighted by Crippen LogP contribution is 2.42. The second-order valence-corrected chi connectivity index (χ2v) is 4.83. The summed E-state index contributed by atoms with van der Waals surface area (Å²) in [6, 6.07) is 0. The van der Waals surface area contributed by atoms with Gasteiger partial charge in [0.05, 0.1) is 18.3 Å². The van der Waals surface area contributed by atoms with Crippen LogP contribution in [-0.4, -0.2) is 47.0 Å². The van der Waals surface area contributed by atoms with Crippen LogP contribution in [0.15, 0.2) is 0 Å². The van der Waals surface area contributed by atoms with E-state index in [0.29, 0.717) is 6.42 Å². The van der Waals surface area contributed by atoms with Crippen molar-refractivity contribution in [3.05, 3.63) is 0 Å². The van der Waals surface area contributed by atoms with Gasteiger partial charge in [0.15, 0.2) is 5.79 Å². The van der Waals surface area contributed by atoms with Crippen LogP contribution in [0.3, 0.4) is 0 Å². The fourth-order valence-corrected chi connectivity index (χ4v) is 2.54. The first-order chi connectivity index (χ1) is 6.94. The van der Waals surface area contributed by atoms with Crippen LogP contribution in [0.25, 0.3) is 0 Å². The van der Waals surface area contributed by atoms with Crippen LogP contribution in [0.5, 0.6) is 0 Å². The first kappa shape index (κ1) is 11.3. The molecule has 2 fully saturated rings. The first-order valence-electron chi connectivity index (χ1n) is 5.36. The smallest absolute Gasteiger partial charge is 0.163 e. The maximum absolute atomic E-state index is 9.79. The second-order valence-electron chi connectivity index (χ2n) is 4.83. The average molecular weight is 217 g/mol. The predicted octanol–water partition coefficient (Wildman–Crippen LogP) is -0.793. The minimum atomic E-state index is -0.677. The van der Waals surface area contributed by atoms with Gasteiger partial charge >= 0.3 is 0 Å². The summed E-state index contributed by atoms with van der Waals surface area (Å²) in [6.45, 7) is 3.80. The molecule has 1 aliphatic heterocycles. The van der Waals surface area contributed by atoms with Crippen LogP contribution in [0.4, 0.5) is 0 Å². The minimum absolute atomic E-state index is 0.128. The summed E-state index contributed by atoms with van der Waals surface area (Å²) >= 11 is 0. The topological polar surface area (TPSA) is 84.9 Å².